The van der Waals surface area contributed by atoms with Gasteiger partial charge >= 0.3 is 166 Å². The van der Waals surface area contributed by atoms with Crippen LogP contribution in [0.3, 0.4) is 0 Å². The maximum absolute atomic E-state index is 12.9. The Kier molecular flexibility index (Phi) is 3.73. The van der Waals surface area contributed by atoms with Crippen molar-refractivity contribution in [1.82, 2.24) is 4.90 Å². The van der Waals surface area contributed by atoms with E-state index in [-0.39, 0.29) is 0 Å². The van der Waals surface area contributed by atoms with Crippen LogP contribution < -0.4 is 13.8 Å². The van der Waals surface area contributed by atoms with Crippen LogP contribution in [0.25, 0.3) is 16.8 Å². The molecule has 0 saturated carbocycles. The zero-order chi connectivity index (χ0) is 19.5. The van der Waals surface area contributed by atoms with E-state index in [1.54, 1.807) is 18.2 Å². The number of hydrogen-bond acceptors (Lipinski definition) is 4. The molecular weight excluding hydrogens is 415 g/mol. The number of para-hydroxylation sites is 1. The Morgan fingerprint density at radius 3 is 2.39 bits per heavy atom. The molecular formula is C23H20N2O2Se. The molecule has 2 heterocycles. The van der Waals surface area contributed by atoms with Gasteiger partial charge in [-0.25, -0.2) is 0 Å². The zero-order valence-corrected chi connectivity index (χ0v) is 17.5. The van der Waals surface area contributed by atoms with E-state index in [2.05, 4.69) is 42.1 Å². The number of aryl methyl sites for hydroxylation is 1. The molecule has 0 spiro atoms. The summed E-state index contributed by atoms with van der Waals surface area (Å²) in [5.74, 6) is 0. The van der Waals surface area contributed by atoms with Gasteiger partial charge in [-0.3, -0.25) is 0 Å². The van der Waals surface area contributed by atoms with Gasteiger partial charge in [-0.05, 0) is 0 Å². The van der Waals surface area contributed by atoms with E-state index < -0.39 is 12.7 Å². The van der Waals surface area contributed by atoms with Crippen molar-refractivity contribution in [1.29, 1.82) is 0 Å². The fraction of sp³-hybridized carbons (Fsp3) is 0.130. The standard InChI is InChI=1S/C23H20N2O2Se/c1-16-7-3-5-9-20(16)25-14-21(24(2)15-25)17-11-12-23-19(13-17)18-8-4-6-10-22(18)28(23,26)27/h3-14H,15H2,1-2H3. The maximum atomic E-state index is 12.9. The van der Waals surface area contributed by atoms with Crippen LogP contribution in [0.5, 0.6) is 0 Å². The fourth-order valence-electron chi connectivity index (χ4n) is 4.09. The van der Waals surface area contributed by atoms with Crippen molar-refractivity contribution >= 4 is 33.0 Å². The topological polar surface area (TPSA) is 40.6 Å². The molecule has 0 amide bonds. The van der Waals surface area contributed by atoms with E-state index in [0.717, 1.165) is 29.1 Å². The van der Waals surface area contributed by atoms with E-state index in [0.29, 0.717) is 8.92 Å². The summed E-state index contributed by atoms with van der Waals surface area (Å²) in [6, 6.07) is 21.4. The van der Waals surface area contributed by atoms with E-state index in [1.807, 2.05) is 36.4 Å². The van der Waals surface area contributed by atoms with Crippen molar-refractivity contribution in [2.24, 2.45) is 0 Å². The van der Waals surface area contributed by atoms with Crippen LogP contribution in [0.2, 0.25) is 0 Å². The Labute approximate surface area is 166 Å². The normalized spacial score (nSPS) is 16.7. The van der Waals surface area contributed by atoms with Crippen molar-refractivity contribution in [3.8, 4) is 11.1 Å². The van der Waals surface area contributed by atoms with Crippen LogP contribution in [0.15, 0.2) is 72.9 Å². The first-order valence-corrected chi connectivity index (χ1v) is 12.3. The first-order chi connectivity index (χ1) is 13.5. The van der Waals surface area contributed by atoms with E-state index >= 15 is 0 Å². The minimum atomic E-state index is -4.28. The van der Waals surface area contributed by atoms with Crippen LogP contribution in [0.1, 0.15) is 11.1 Å². The van der Waals surface area contributed by atoms with E-state index in [9.17, 15) is 7.67 Å². The Hall–Kier alpha value is -2.88. The minimum absolute atomic E-state index is 0.471. The Balaban J connectivity index is 1.61. The Bertz CT molecular complexity index is 1240. The molecule has 0 atom stereocenters. The third kappa shape index (κ3) is 2.44. The number of benzene rings is 3. The summed E-state index contributed by atoms with van der Waals surface area (Å²) >= 11 is -4.28. The third-order valence-corrected chi connectivity index (χ3v) is 9.43. The summed E-state index contributed by atoms with van der Waals surface area (Å²) in [6.07, 6.45) is 2.14. The predicted molar refractivity (Wildman–Crippen MR) is 113 cm³/mol. The Morgan fingerprint density at radius 2 is 1.57 bits per heavy atom. The Morgan fingerprint density at radius 1 is 0.857 bits per heavy atom. The molecule has 0 aliphatic carbocycles. The third-order valence-electron chi connectivity index (χ3n) is 5.51. The predicted octanol–water partition coefficient (Wildman–Crippen LogP) is 3.10. The van der Waals surface area contributed by atoms with Gasteiger partial charge < -0.3 is 0 Å². The van der Waals surface area contributed by atoms with Crippen molar-refractivity contribution in [2.75, 3.05) is 18.6 Å². The number of hydrogen-bond donors (Lipinski definition) is 0. The molecule has 2 aliphatic heterocycles. The molecule has 0 N–H and O–H groups in total. The van der Waals surface area contributed by atoms with Crippen LogP contribution in [0.4, 0.5) is 5.69 Å². The molecule has 3 aromatic carbocycles. The average molecular weight is 435 g/mol. The summed E-state index contributed by atoms with van der Waals surface area (Å²) in [6.45, 7) is 2.87. The first-order valence-electron chi connectivity index (χ1n) is 9.21. The second kappa shape index (κ2) is 6.06. The first kappa shape index (κ1) is 17.2. The van der Waals surface area contributed by atoms with Gasteiger partial charge in [0, 0.05) is 0 Å². The molecule has 28 heavy (non-hydrogen) atoms. The van der Waals surface area contributed by atoms with Crippen LogP contribution in [-0.2, 0) is 7.67 Å². The second-order valence-electron chi connectivity index (χ2n) is 7.32. The van der Waals surface area contributed by atoms with Gasteiger partial charge in [0.1, 0.15) is 0 Å². The number of nitrogens with zero attached hydrogens (tertiary/aromatic N) is 2. The van der Waals surface area contributed by atoms with Crippen LogP contribution >= 0.6 is 0 Å². The van der Waals surface area contributed by atoms with Crippen molar-refractivity contribution in [3.63, 3.8) is 0 Å². The molecule has 2 aliphatic rings. The van der Waals surface area contributed by atoms with E-state index in [1.165, 1.54) is 11.3 Å². The van der Waals surface area contributed by atoms with Crippen LogP contribution in [-0.4, -0.2) is 31.3 Å². The number of anilines is 1. The molecule has 0 bridgehead atoms. The van der Waals surface area contributed by atoms with E-state index in [4.69, 9.17) is 0 Å². The SMILES string of the molecule is Cc1ccccc1N1C=C(c2ccc3c(c2)-c2ccccc2[Se]3(=O)=O)N(C)C1. The van der Waals surface area contributed by atoms with Gasteiger partial charge in [-0.15, -0.1) is 0 Å². The fourth-order valence-corrected chi connectivity index (χ4v) is 7.59. The number of fused-ring (bicyclic) bond motifs is 3. The summed E-state index contributed by atoms with van der Waals surface area (Å²) in [4.78, 5) is 4.42. The van der Waals surface area contributed by atoms with Gasteiger partial charge in [0.25, 0.3) is 0 Å². The summed E-state index contributed by atoms with van der Waals surface area (Å²) in [5, 5.41) is 0. The molecule has 0 fully saturated rings. The average Bonchev–Trinajstić information content (AvgIpc) is 3.18. The molecule has 140 valence electrons. The summed E-state index contributed by atoms with van der Waals surface area (Å²) in [7, 11) is 2.06. The van der Waals surface area contributed by atoms with Crippen molar-refractivity contribution in [2.45, 2.75) is 6.92 Å². The van der Waals surface area contributed by atoms with Crippen molar-refractivity contribution in [3.05, 3.63) is 84.1 Å². The van der Waals surface area contributed by atoms with Gasteiger partial charge in [-0.1, -0.05) is 0 Å². The van der Waals surface area contributed by atoms with Gasteiger partial charge in [0.15, 0.2) is 0 Å². The molecule has 5 rings (SSSR count). The monoisotopic (exact) mass is 436 g/mol. The molecule has 5 heteroatoms. The van der Waals surface area contributed by atoms with Crippen molar-refractivity contribution < 1.29 is 7.67 Å². The van der Waals surface area contributed by atoms with Gasteiger partial charge in [0.05, 0.1) is 0 Å². The van der Waals surface area contributed by atoms with Gasteiger partial charge in [-0.2, -0.15) is 0 Å². The van der Waals surface area contributed by atoms with Crippen LogP contribution in [0, 0.1) is 6.92 Å². The summed E-state index contributed by atoms with van der Waals surface area (Å²) < 4.78 is 26.7. The molecule has 0 aromatic heterocycles. The molecule has 4 nitrogen and oxygen atoms in total. The molecule has 0 unspecified atom stereocenters. The second-order valence-corrected chi connectivity index (χ2v) is 11.3. The quantitative estimate of drug-likeness (QED) is 0.454. The summed E-state index contributed by atoms with van der Waals surface area (Å²) in [5.41, 5.74) is 6.17. The number of rotatable bonds is 2. The molecule has 0 saturated heterocycles. The zero-order valence-electron chi connectivity index (χ0n) is 15.8. The van der Waals surface area contributed by atoms with Gasteiger partial charge in [0.2, 0.25) is 0 Å². The molecule has 0 radical (unpaired) electrons. The molecule has 3 aromatic rings.